The molecule has 1 unspecified atom stereocenters. The van der Waals surface area contributed by atoms with Gasteiger partial charge in [0.2, 0.25) is 17.5 Å². The van der Waals surface area contributed by atoms with Crippen molar-refractivity contribution in [2.24, 2.45) is 5.92 Å². The third-order valence-corrected chi connectivity index (χ3v) is 5.61. The highest BCUT2D eigenvalue weighted by Gasteiger charge is 2.48. The van der Waals surface area contributed by atoms with Crippen LogP contribution in [0, 0.1) is 5.92 Å². The van der Waals surface area contributed by atoms with E-state index in [2.05, 4.69) is 10.3 Å². The first-order valence-corrected chi connectivity index (χ1v) is 9.71. The predicted octanol–water partition coefficient (Wildman–Crippen LogP) is 2.27. The summed E-state index contributed by atoms with van der Waals surface area (Å²) in [5.41, 5.74) is -1.03. The van der Waals surface area contributed by atoms with E-state index in [1.165, 1.54) is 10.8 Å². The van der Waals surface area contributed by atoms with Crippen molar-refractivity contribution in [3.8, 4) is 5.88 Å². The zero-order chi connectivity index (χ0) is 20.6. The maximum absolute atomic E-state index is 13.4. The fourth-order valence-electron chi connectivity index (χ4n) is 3.72. The average molecular weight is 393 g/mol. The number of carbonyl (C=O) groups is 1. The minimum Gasteiger partial charge on any atom is -0.446 e. The van der Waals surface area contributed by atoms with Gasteiger partial charge < -0.3 is 15.2 Å². The summed E-state index contributed by atoms with van der Waals surface area (Å²) in [6.07, 6.45) is 7.24. The molecule has 7 heteroatoms. The van der Waals surface area contributed by atoms with Crippen LogP contribution in [-0.4, -0.2) is 20.6 Å². The van der Waals surface area contributed by atoms with Crippen molar-refractivity contribution in [1.29, 1.82) is 0 Å². The molecule has 29 heavy (non-hydrogen) atoms. The van der Waals surface area contributed by atoms with Gasteiger partial charge in [0, 0.05) is 12.3 Å². The maximum atomic E-state index is 13.4. The number of amides is 1. The van der Waals surface area contributed by atoms with E-state index >= 15 is 0 Å². The van der Waals surface area contributed by atoms with Crippen LogP contribution in [0.3, 0.4) is 0 Å². The van der Waals surface area contributed by atoms with Gasteiger partial charge in [-0.1, -0.05) is 50.3 Å². The maximum Gasteiger partial charge on any atom is 0.265 e. The molecule has 1 aromatic heterocycles. The summed E-state index contributed by atoms with van der Waals surface area (Å²) in [6.45, 7) is 3.71. The van der Waals surface area contributed by atoms with Gasteiger partial charge in [0.25, 0.3) is 5.56 Å². The molecule has 2 N–H and O–H groups in total. The number of carbonyl (C=O) groups excluding carboxylic acids is 1. The summed E-state index contributed by atoms with van der Waals surface area (Å²) in [5.74, 6) is -0.566. The van der Waals surface area contributed by atoms with Gasteiger partial charge in [-0.25, -0.2) is 0 Å². The Morgan fingerprint density at radius 2 is 2.03 bits per heavy atom. The molecular weight excluding hydrogens is 370 g/mol. The van der Waals surface area contributed by atoms with Crippen molar-refractivity contribution in [1.82, 2.24) is 14.9 Å². The molecule has 150 valence electrons. The Kier molecular flexibility index (Phi) is 4.84. The monoisotopic (exact) mass is 393 g/mol. The lowest BCUT2D eigenvalue weighted by atomic mass is 9.89. The average Bonchev–Trinajstić information content (AvgIpc) is 2.97. The Morgan fingerprint density at radius 1 is 1.28 bits per heavy atom. The molecule has 0 saturated carbocycles. The molecular formula is C22H23N3O4. The minimum absolute atomic E-state index is 0.0971. The number of hydrogen-bond acceptors (Lipinski definition) is 5. The lowest BCUT2D eigenvalue weighted by Gasteiger charge is -2.41. The first-order chi connectivity index (χ1) is 14.0. The van der Waals surface area contributed by atoms with Gasteiger partial charge in [-0.15, -0.1) is 0 Å². The molecule has 0 spiro atoms. The van der Waals surface area contributed by atoms with E-state index in [0.717, 1.165) is 5.56 Å². The number of allylic oxidation sites excluding steroid dienone is 2. The van der Waals surface area contributed by atoms with Gasteiger partial charge in [-0.3, -0.25) is 14.2 Å². The highest BCUT2D eigenvalue weighted by Crippen LogP contribution is 2.35. The molecule has 0 aliphatic carbocycles. The molecule has 1 amide bonds. The topological polar surface area (TPSA) is 93.5 Å². The van der Waals surface area contributed by atoms with Gasteiger partial charge in [0.05, 0.1) is 6.26 Å². The van der Waals surface area contributed by atoms with E-state index in [9.17, 15) is 14.7 Å². The van der Waals surface area contributed by atoms with Gasteiger partial charge in [-0.2, -0.15) is 4.98 Å². The van der Waals surface area contributed by atoms with E-state index in [1.54, 1.807) is 25.2 Å². The van der Waals surface area contributed by atoms with Crippen molar-refractivity contribution in [2.45, 2.75) is 38.5 Å². The number of aliphatic hydroxyl groups is 1. The molecule has 0 fully saturated rings. The lowest BCUT2D eigenvalue weighted by Crippen LogP contribution is -2.61. The van der Waals surface area contributed by atoms with Crippen LogP contribution in [-0.2, 0) is 16.9 Å². The summed E-state index contributed by atoms with van der Waals surface area (Å²) in [4.78, 5) is 31.0. The summed E-state index contributed by atoms with van der Waals surface area (Å²) >= 11 is 0. The Hall–Kier alpha value is -3.19. The molecule has 1 aromatic carbocycles. The summed E-state index contributed by atoms with van der Waals surface area (Å²) in [6, 6.07) is 8.63. The number of fused-ring (bicyclic) bond motifs is 2. The Morgan fingerprint density at radius 3 is 2.76 bits per heavy atom. The first-order valence-electron chi connectivity index (χ1n) is 9.71. The molecule has 4 rings (SSSR count). The fraction of sp³-hybridized carbons (Fsp3) is 0.318. The molecule has 0 saturated heterocycles. The minimum atomic E-state index is -1.77. The molecule has 2 aliphatic heterocycles. The summed E-state index contributed by atoms with van der Waals surface area (Å²) in [7, 11) is 0. The highest BCUT2D eigenvalue weighted by molar-refractivity contribution is 5.83. The van der Waals surface area contributed by atoms with Crippen LogP contribution in [0.5, 0.6) is 5.88 Å². The number of aromatic nitrogens is 2. The second-order valence-corrected chi connectivity index (χ2v) is 7.41. The largest absolute Gasteiger partial charge is 0.446 e. The zero-order valence-electron chi connectivity index (χ0n) is 16.3. The van der Waals surface area contributed by atoms with Crippen LogP contribution in [0.4, 0.5) is 0 Å². The standard InChI is InChI=1S/C22H23N3O4/c1-3-14(2)22(28)21-23-19-16(11-7-8-12-29-19)20(27)25(21)17(18(26)24-22)13-15-9-5-4-6-10-15/h4-12,14,17,28H,3,13H2,1-2H3,(H,24,26)/t14?,17-,22-/m0/s1. The van der Waals surface area contributed by atoms with E-state index in [-0.39, 0.29) is 23.2 Å². The molecule has 0 bridgehead atoms. The zero-order valence-corrected chi connectivity index (χ0v) is 16.3. The van der Waals surface area contributed by atoms with Crippen molar-refractivity contribution in [3.63, 3.8) is 0 Å². The van der Waals surface area contributed by atoms with Gasteiger partial charge in [0.1, 0.15) is 11.6 Å². The van der Waals surface area contributed by atoms with E-state index in [4.69, 9.17) is 4.74 Å². The summed E-state index contributed by atoms with van der Waals surface area (Å²) in [5, 5.41) is 14.1. The normalized spacial score (nSPS) is 23.4. The molecule has 7 nitrogen and oxygen atoms in total. The Bertz CT molecular complexity index is 1060. The Balaban J connectivity index is 1.95. The molecule has 3 heterocycles. The summed E-state index contributed by atoms with van der Waals surface area (Å²) < 4.78 is 6.82. The first kappa shape index (κ1) is 19.1. The van der Waals surface area contributed by atoms with Crippen molar-refractivity contribution in [3.05, 3.63) is 76.1 Å². The molecule has 0 radical (unpaired) electrons. The van der Waals surface area contributed by atoms with Gasteiger partial charge in [-0.05, 0) is 24.1 Å². The molecule has 2 aromatic rings. The highest BCUT2D eigenvalue weighted by atomic mass is 16.5. The van der Waals surface area contributed by atoms with Gasteiger partial charge >= 0.3 is 0 Å². The van der Waals surface area contributed by atoms with Crippen molar-refractivity contribution < 1.29 is 14.6 Å². The third kappa shape index (κ3) is 3.17. The molecule has 3 atom stereocenters. The van der Waals surface area contributed by atoms with Crippen LogP contribution < -0.4 is 15.6 Å². The second-order valence-electron chi connectivity index (χ2n) is 7.41. The van der Waals surface area contributed by atoms with Gasteiger partial charge in [0.15, 0.2) is 5.82 Å². The SMILES string of the molecule is CCC(C)[C@@]1(O)NC(=O)[C@H](Cc2ccccc2)n2c1nc1c(c2=O)C=CC=CO1. The lowest BCUT2D eigenvalue weighted by molar-refractivity contribution is -0.145. The third-order valence-electron chi connectivity index (χ3n) is 5.61. The van der Waals surface area contributed by atoms with Crippen LogP contribution in [0.2, 0.25) is 0 Å². The number of nitrogens with zero attached hydrogens (tertiary/aromatic N) is 2. The number of nitrogens with one attached hydrogen (secondary N) is 1. The van der Waals surface area contributed by atoms with Crippen LogP contribution in [0.15, 0.2) is 53.5 Å². The van der Waals surface area contributed by atoms with Crippen molar-refractivity contribution >= 4 is 12.0 Å². The Labute approximate surface area is 168 Å². The number of rotatable bonds is 4. The predicted molar refractivity (Wildman–Crippen MR) is 108 cm³/mol. The number of ether oxygens (including phenoxy) is 1. The number of benzene rings is 1. The van der Waals surface area contributed by atoms with E-state index < -0.39 is 23.2 Å². The van der Waals surface area contributed by atoms with E-state index in [1.807, 2.05) is 37.3 Å². The van der Waals surface area contributed by atoms with Crippen LogP contribution in [0.25, 0.3) is 6.08 Å². The van der Waals surface area contributed by atoms with Crippen LogP contribution >= 0.6 is 0 Å². The number of hydrogen-bond donors (Lipinski definition) is 2. The quantitative estimate of drug-likeness (QED) is 0.831. The smallest absolute Gasteiger partial charge is 0.265 e. The van der Waals surface area contributed by atoms with Crippen molar-refractivity contribution in [2.75, 3.05) is 0 Å². The van der Waals surface area contributed by atoms with E-state index in [0.29, 0.717) is 12.8 Å². The fourth-order valence-corrected chi connectivity index (χ4v) is 3.72. The van der Waals surface area contributed by atoms with Crippen LogP contribution in [0.1, 0.15) is 43.3 Å². The molecule has 2 aliphatic rings. The second kappa shape index (κ2) is 7.33.